The number of ether oxygens (including phenoxy) is 2. The van der Waals surface area contributed by atoms with Crippen molar-refractivity contribution in [1.29, 1.82) is 0 Å². The van der Waals surface area contributed by atoms with E-state index in [1.807, 2.05) is 0 Å². The van der Waals surface area contributed by atoms with Crippen LogP contribution in [0.2, 0.25) is 0 Å². The Hall–Kier alpha value is -0.320. The molecule has 0 radical (unpaired) electrons. The van der Waals surface area contributed by atoms with E-state index in [2.05, 4.69) is 73.1 Å². The van der Waals surface area contributed by atoms with Crippen molar-refractivity contribution in [2.24, 2.45) is 11.8 Å². The monoisotopic (exact) mass is 506 g/mol. The summed E-state index contributed by atoms with van der Waals surface area (Å²) in [7, 11) is 6.27. The van der Waals surface area contributed by atoms with Crippen molar-refractivity contribution >= 4 is 0 Å². The molecule has 8 heteroatoms. The SMILES string of the molecule is COCOC1CC2NN(C)CC2CC1C1CCC2NC(N(C)C3CC(C)(C)NC(C)(C)C3)CCC2N1. The molecule has 0 aromatic carbocycles. The van der Waals surface area contributed by atoms with Crippen LogP contribution in [-0.4, -0.2) is 98.0 Å². The molecular weight excluding hydrogens is 452 g/mol. The van der Waals surface area contributed by atoms with Crippen molar-refractivity contribution < 1.29 is 9.47 Å². The Morgan fingerprint density at radius 3 is 2.28 bits per heavy atom. The van der Waals surface area contributed by atoms with Gasteiger partial charge in [-0.15, -0.1) is 0 Å². The second kappa shape index (κ2) is 10.7. The smallest absolute Gasteiger partial charge is 0.146 e. The van der Waals surface area contributed by atoms with E-state index in [0.717, 1.165) is 18.9 Å². The number of nitrogens with zero attached hydrogens (tertiary/aromatic N) is 2. The van der Waals surface area contributed by atoms with Gasteiger partial charge in [-0.2, -0.15) is 0 Å². The molecule has 5 aliphatic rings. The molecule has 208 valence electrons. The molecule has 5 rings (SSSR count). The topological polar surface area (TPSA) is 73.1 Å². The molecule has 1 aliphatic carbocycles. The second-order valence-electron chi connectivity index (χ2n) is 14.1. The minimum absolute atomic E-state index is 0.182. The predicted molar refractivity (Wildman–Crippen MR) is 144 cm³/mol. The predicted octanol–water partition coefficient (Wildman–Crippen LogP) is 2.26. The lowest BCUT2D eigenvalue weighted by molar-refractivity contribution is -0.118. The fraction of sp³-hybridized carbons (Fsp3) is 1.00. The highest BCUT2D eigenvalue weighted by molar-refractivity contribution is 5.05. The van der Waals surface area contributed by atoms with Crippen LogP contribution in [0.3, 0.4) is 0 Å². The van der Waals surface area contributed by atoms with Crippen molar-refractivity contribution in [3.05, 3.63) is 0 Å². The van der Waals surface area contributed by atoms with Crippen LogP contribution < -0.4 is 21.4 Å². The average molecular weight is 507 g/mol. The lowest BCUT2D eigenvalue weighted by atomic mass is 9.71. The molecule has 4 saturated heterocycles. The molecule has 0 aromatic heterocycles. The van der Waals surface area contributed by atoms with Gasteiger partial charge >= 0.3 is 0 Å². The molecule has 4 N–H and O–H groups in total. The van der Waals surface area contributed by atoms with Crippen LogP contribution in [0.5, 0.6) is 0 Å². The summed E-state index contributed by atoms with van der Waals surface area (Å²) < 4.78 is 11.6. The number of hydrazine groups is 1. The Morgan fingerprint density at radius 1 is 0.889 bits per heavy atom. The van der Waals surface area contributed by atoms with Crippen molar-refractivity contribution in [1.82, 2.24) is 31.3 Å². The summed E-state index contributed by atoms with van der Waals surface area (Å²) in [6, 6.07) is 2.84. The molecule has 1 saturated carbocycles. The first-order chi connectivity index (χ1) is 17.0. The van der Waals surface area contributed by atoms with Crippen molar-refractivity contribution in [3.8, 4) is 0 Å². The van der Waals surface area contributed by atoms with Gasteiger partial charge in [0.25, 0.3) is 0 Å². The zero-order chi connectivity index (χ0) is 25.7. The minimum Gasteiger partial charge on any atom is -0.359 e. The molecule has 8 nitrogen and oxygen atoms in total. The molecule has 0 amide bonds. The van der Waals surface area contributed by atoms with E-state index in [1.165, 1.54) is 44.9 Å². The van der Waals surface area contributed by atoms with Gasteiger partial charge in [0.15, 0.2) is 0 Å². The van der Waals surface area contributed by atoms with Gasteiger partial charge in [0.1, 0.15) is 6.79 Å². The van der Waals surface area contributed by atoms with Gasteiger partial charge in [0.2, 0.25) is 0 Å². The van der Waals surface area contributed by atoms with Crippen LogP contribution >= 0.6 is 0 Å². The third kappa shape index (κ3) is 5.96. The highest BCUT2D eigenvalue weighted by atomic mass is 16.7. The summed E-state index contributed by atoms with van der Waals surface area (Å²) in [6.07, 6.45) is 10.4. The maximum atomic E-state index is 6.28. The number of hydrogen-bond acceptors (Lipinski definition) is 8. The van der Waals surface area contributed by atoms with Crippen molar-refractivity contribution in [2.45, 2.75) is 133 Å². The molecule has 5 fully saturated rings. The number of hydrogen-bond donors (Lipinski definition) is 4. The van der Waals surface area contributed by atoms with Gasteiger partial charge < -0.3 is 20.1 Å². The summed E-state index contributed by atoms with van der Waals surface area (Å²) in [6.45, 7) is 11.0. The molecule has 4 heterocycles. The van der Waals surface area contributed by atoms with Gasteiger partial charge in [-0.3, -0.25) is 15.6 Å². The number of methoxy groups -OCH3 is 1. The van der Waals surface area contributed by atoms with E-state index in [0.29, 0.717) is 49.1 Å². The lowest BCUT2D eigenvalue weighted by Crippen LogP contribution is -2.68. The standard InChI is InChI=1S/C28H54N6O2/c1-27(2)14-19(15-28(3,4)32-27)34(6)26-11-10-22-23(30-26)9-8-21(29-22)20-12-18-16-33(5)31-24(18)13-25(20)36-17-35-7/h18-26,29-32H,8-17H2,1-7H3. The Kier molecular flexibility index (Phi) is 8.09. The van der Waals surface area contributed by atoms with Crippen molar-refractivity contribution in [3.63, 3.8) is 0 Å². The summed E-state index contributed by atoms with van der Waals surface area (Å²) in [5, 5.41) is 14.4. The molecular formula is C28H54N6O2. The van der Waals surface area contributed by atoms with Gasteiger partial charge in [-0.1, -0.05) is 0 Å². The third-order valence-electron chi connectivity index (χ3n) is 10.0. The Balaban J connectivity index is 1.19. The van der Waals surface area contributed by atoms with Gasteiger partial charge in [-0.05, 0) is 92.0 Å². The van der Waals surface area contributed by atoms with Crippen LogP contribution in [-0.2, 0) is 9.47 Å². The first-order valence-corrected chi connectivity index (χ1v) is 14.6. The molecule has 0 spiro atoms. The summed E-state index contributed by atoms with van der Waals surface area (Å²) in [5.41, 5.74) is 4.02. The molecule has 8 unspecified atom stereocenters. The van der Waals surface area contributed by atoms with Gasteiger partial charge in [-0.25, -0.2) is 5.01 Å². The van der Waals surface area contributed by atoms with E-state index in [4.69, 9.17) is 9.47 Å². The number of rotatable bonds is 6. The fourth-order valence-corrected chi connectivity index (χ4v) is 8.76. The summed E-state index contributed by atoms with van der Waals surface area (Å²) in [5.74, 6) is 1.29. The van der Waals surface area contributed by atoms with E-state index in [1.54, 1.807) is 7.11 Å². The Morgan fingerprint density at radius 2 is 1.56 bits per heavy atom. The third-order valence-corrected chi connectivity index (χ3v) is 10.0. The fourth-order valence-electron chi connectivity index (χ4n) is 8.76. The number of fused-ring (bicyclic) bond motifs is 2. The van der Waals surface area contributed by atoms with E-state index in [9.17, 15) is 0 Å². The lowest BCUT2D eigenvalue weighted by Gasteiger charge is -2.53. The largest absolute Gasteiger partial charge is 0.359 e. The molecule has 8 atom stereocenters. The maximum absolute atomic E-state index is 6.28. The molecule has 4 aliphatic heterocycles. The molecule has 0 aromatic rings. The molecule has 0 bridgehead atoms. The number of piperidine rings is 3. The second-order valence-corrected chi connectivity index (χ2v) is 14.1. The van der Waals surface area contributed by atoms with Crippen LogP contribution in [0.1, 0.15) is 79.1 Å². The van der Waals surface area contributed by atoms with Crippen LogP contribution in [0.15, 0.2) is 0 Å². The summed E-state index contributed by atoms with van der Waals surface area (Å²) >= 11 is 0. The van der Waals surface area contributed by atoms with Gasteiger partial charge in [0, 0.05) is 67.9 Å². The molecule has 36 heavy (non-hydrogen) atoms. The zero-order valence-corrected chi connectivity index (χ0v) is 24.0. The maximum Gasteiger partial charge on any atom is 0.146 e. The van der Waals surface area contributed by atoms with Crippen LogP contribution in [0.25, 0.3) is 0 Å². The van der Waals surface area contributed by atoms with Gasteiger partial charge in [0.05, 0.1) is 12.3 Å². The highest BCUT2D eigenvalue weighted by Gasteiger charge is 2.48. The quantitative estimate of drug-likeness (QED) is 0.409. The van der Waals surface area contributed by atoms with E-state index in [-0.39, 0.29) is 17.2 Å². The Bertz CT molecular complexity index is 734. The van der Waals surface area contributed by atoms with E-state index >= 15 is 0 Å². The highest BCUT2D eigenvalue weighted by Crippen LogP contribution is 2.40. The Labute approximate surface area is 219 Å². The minimum atomic E-state index is 0.182. The first kappa shape index (κ1) is 27.3. The van der Waals surface area contributed by atoms with Crippen LogP contribution in [0, 0.1) is 11.8 Å². The van der Waals surface area contributed by atoms with E-state index < -0.39 is 0 Å². The first-order valence-electron chi connectivity index (χ1n) is 14.6. The van der Waals surface area contributed by atoms with Crippen molar-refractivity contribution in [2.75, 3.05) is 34.5 Å². The van der Waals surface area contributed by atoms with Crippen LogP contribution in [0.4, 0.5) is 0 Å². The summed E-state index contributed by atoms with van der Waals surface area (Å²) in [4.78, 5) is 2.67. The average Bonchev–Trinajstić information content (AvgIpc) is 3.17. The number of nitrogens with one attached hydrogen (secondary N) is 4. The normalized spacial score (nSPS) is 43.3. The zero-order valence-electron chi connectivity index (χ0n) is 24.0.